The van der Waals surface area contributed by atoms with Gasteiger partial charge in [0.1, 0.15) is 17.2 Å². The van der Waals surface area contributed by atoms with Crippen LogP contribution in [0.2, 0.25) is 0 Å². The van der Waals surface area contributed by atoms with E-state index in [2.05, 4.69) is 5.32 Å². The van der Waals surface area contributed by atoms with Gasteiger partial charge in [0, 0.05) is 18.7 Å². The molecule has 3 aromatic carbocycles. The fraction of sp³-hybridized carbons (Fsp3) is 0.200. The van der Waals surface area contributed by atoms with E-state index in [1.54, 1.807) is 42.3 Å². The Morgan fingerprint density at radius 3 is 2.52 bits per heavy atom. The number of hydrogen-bond donors (Lipinski definition) is 1. The zero-order valence-electron chi connectivity index (χ0n) is 17.5. The topological polar surface area (TPSA) is 67.9 Å². The van der Waals surface area contributed by atoms with Crippen LogP contribution in [0.4, 0.5) is 11.4 Å². The number of nitrogens with zero attached hydrogens (tertiary/aromatic N) is 1. The maximum absolute atomic E-state index is 12.8. The first kappa shape index (κ1) is 20.5. The van der Waals surface area contributed by atoms with Gasteiger partial charge >= 0.3 is 0 Å². The third-order valence-electron chi connectivity index (χ3n) is 5.22. The fourth-order valence-electron chi connectivity index (χ4n) is 3.63. The standard InChI is InChI=1S/C25H24N2O4/c1-17-6-5-7-21(14-17)31-20-12-10-19(11-13-20)26-25(29)18-15-24(28)27(16-18)22-8-3-4-9-23(22)30-2/h3-14,18H,15-16H2,1-2H3,(H,26,29)/t18-/m1/s1. The molecule has 4 rings (SSSR count). The van der Waals surface area contributed by atoms with Crippen molar-refractivity contribution < 1.29 is 19.1 Å². The van der Waals surface area contributed by atoms with Crippen LogP contribution in [-0.4, -0.2) is 25.5 Å². The molecule has 2 amide bonds. The molecular weight excluding hydrogens is 392 g/mol. The Labute approximate surface area is 181 Å². The average Bonchev–Trinajstić information content (AvgIpc) is 3.17. The van der Waals surface area contributed by atoms with E-state index in [-0.39, 0.29) is 18.2 Å². The zero-order valence-corrected chi connectivity index (χ0v) is 17.5. The maximum Gasteiger partial charge on any atom is 0.229 e. The molecule has 0 unspecified atom stereocenters. The van der Waals surface area contributed by atoms with Crippen LogP contribution in [-0.2, 0) is 9.59 Å². The molecular formula is C25H24N2O4. The smallest absolute Gasteiger partial charge is 0.229 e. The highest BCUT2D eigenvalue weighted by atomic mass is 16.5. The Bertz CT molecular complexity index is 1090. The number of methoxy groups -OCH3 is 1. The van der Waals surface area contributed by atoms with Gasteiger partial charge in [-0.3, -0.25) is 9.59 Å². The van der Waals surface area contributed by atoms with Crippen molar-refractivity contribution in [3.8, 4) is 17.2 Å². The third kappa shape index (κ3) is 4.69. The summed E-state index contributed by atoms with van der Waals surface area (Å²) in [5, 5.41) is 2.90. The number of nitrogens with one attached hydrogen (secondary N) is 1. The van der Waals surface area contributed by atoms with E-state index in [0.29, 0.717) is 29.4 Å². The van der Waals surface area contributed by atoms with Gasteiger partial charge in [0.2, 0.25) is 11.8 Å². The summed E-state index contributed by atoms with van der Waals surface area (Å²) in [4.78, 5) is 26.9. The van der Waals surface area contributed by atoms with Crippen molar-refractivity contribution in [3.63, 3.8) is 0 Å². The van der Waals surface area contributed by atoms with Gasteiger partial charge < -0.3 is 19.7 Å². The number of hydrogen-bond acceptors (Lipinski definition) is 4. The Hall–Kier alpha value is -3.80. The second-order valence-corrected chi connectivity index (χ2v) is 7.51. The molecule has 0 aromatic heterocycles. The monoisotopic (exact) mass is 416 g/mol. The number of carbonyl (C=O) groups excluding carboxylic acids is 2. The van der Waals surface area contributed by atoms with Gasteiger partial charge in [-0.2, -0.15) is 0 Å². The van der Waals surface area contributed by atoms with Crippen LogP contribution in [0.5, 0.6) is 17.2 Å². The minimum atomic E-state index is -0.430. The molecule has 1 heterocycles. The van der Waals surface area contributed by atoms with E-state index in [1.807, 2.05) is 49.4 Å². The van der Waals surface area contributed by atoms with Crippen LogP contribution in [0.25, 0.3) is 0 Å². The lowest BCUT2D eigenvalue weighted by molar-refractivity contribution is -0.122. The quantitative estimate of drug-likeness (QED) is 0.628. The highest BCUT2D eigenvalue weighted by Crippen LogP contribution is 2.33. The number of ether oxygens (including phenoxy) is 2. The number of carbonyl (C=O) groups is 2. The van der Waals surface area contributed by atoms with Crippen molar-refractivity contribution in [3.05, 3.63) is 78.4 Å². The number of amides is 2. The third-order valence-corrected chi connectivity index (χ3v) is 5.22. The van der Waals surface area contributed by atoms with Crippen LogP contribution in [0.1, 0.15) is 12.0 Å². The first-order chi connectivity index (χ1) is 15.0. The van der Waals surface area contributed by atoms with E-state index in [0.717, 1.165) is 11.3 Å². The molecule has 6 heteroatoms. The molecule has 0 radical (unpaired) electrons. The number of anilines is 2. The summed E-state index contributed by atoms with van der Waals surface area (Å²) in [6.45, 7) is 2.33. The molecule has 31 heavy (non-hydrogen) atoms. The van der Waals surface area contributed by atoms with E-state index < -0.39 is 5.92 Å². The van der Waals surface area contributed by atoms with Crippen molar-refractivity contribution in [1.82, 2.24) is 0 Å². The highest BCUT2D eigenvalue weighted by molar-refractivity contribution is 6.04. The molecule has 0 bridgehead atoms. The van der Waals surface area contributed by atoms with E-state index in [1.165, 1.54) is 0 Å². The molecule has 1 aliphatic heterocycles. The number of aryl methyl sites for hydroxylation is 1. The van der Waals surface area contributed by atoms with Crippen molar-refractivity contribution in [2.75, 3.05) is 23.9 Å². The SMILES string of the molecule is COc1ccccc1N1C[C@H](C(=O)Nc2ccc(Oc3cccc(C)c3)cc2)CC1=O. The van der Waals surface area contributed by atoms with Gasteiger partial charge in [-0.05, 0) is 61.0 Å². The summed E-state index contributed by atoms with van der Waals surface area (Å²) in [5.41, 5.74) is 2.46. The Balaban J connectivity index is 1.39. The number of benzene rings is 3. The zero-order chi connectivity index (χ0) is 21.8. The highest BCUT2D eigenvalue weighted by Gasteiger charge is 2.36. The van der Waals surface area contributed by atoms with Crippen LogP contribution >= 0.6 is 0 Å². The predicted molar refractivity (Wildman–Crippen MR) is 120 cm³/mol. The summed E-state index contributed by atoms with van der Waals surface area (Å²) in [6.07, 6.45) is 0.165. The lowest BCUT2D eigenvalue weighted by atomic mass is 10.1. The molecule has 0 saturated carbocycles. The van der Waals surface area contributed by atoms with Gasteiger partial charge in [-0.1, -0.05) is 24.3 Å². The number of rotatable bonds is 6. The molecule has 1 fully saturated rings. The largest absolute Gasteiger partial charge is 0.495 e. The first-order valence-corrected chi connectivity index (χ1v) is 10.1. The molecule has 1 aliphatic rings. The normalized spacial score (nSPS) is 15.6. The van der Waals surface area contributed by atoms with Crippen LogP contribution in [0, 0.1) is 12.8 Å². The fourth-order valence-corrected chi connectivity index (χ4v) is 3.63. The Kier molecular flexibility index (Phi) is 5.89. The molecule has 1 atom stereocenters. The van der Waals surface area contributed by atoms with Crippen molar-refractivity contribution >= 4 is 23.2 Å². The minimum Gasteiger partial charge on any atom is -0.495 e. The summed E-state index contributed by atoms with van der Waals surface area (Å²) >= 11 is 0. The number of para-hydroxylation sites is 2. The molecule has 0 aliphatic carbocycles. The molecule has 158 valence electrons. The van der Waals surface area contributed by atoms with Crippen molar-refractivity contribution in [2.24, 2.45) is 5.92 Å². The summed E-state index contributed by atoms with van der Waals surface area (Å²) in [5.74, 6) is 1.35. The van der Waals surface area contributed by atoms with Gasteiger partial charge in [0.05, 0.1) is 18.7 Å². The van der Waals surface area contributed by atoms with Crippen LogP contribution in [0.15, 0.2) is 72.8 Å². The van der Waals surface area contributed by atoms with Crippen molar-refractivity contribution in [2.45, 2.75) is 13.3 Å². The van der Waals surface area contributed by atoms with Gasteiger partial charge in [-0.25, -0.2) is 0 Å². The lowest BCUT2D eigenvalue weighted by Crippen LogP contribution is -2.28. The minimum absolute atomic E-state index is 0.0912. The summed E-state index contributed by atoms with van der Waals surface area (Å²) in [7, 11) is 1.57. The lowest BCUT2D eigenvalue weighted by Gasteiger charge is -2.19. The summed E-state index contributed by atoms with van der Waals surface area (Å²) < 4.78 is 11.2. The molecule has 1 N–H and O–H groups in total. The second-order valence-electron chi connectivity index (χ2n) is 7.51. The Morgan fingerprint density at radius 1 is 1.00 bits per heavy atom. The van der Waals surface area contributed by atoms with Gasteiger partial charge in [0.25, 0.3) is 0 Å². The van der Waals surface area contributed by atoms with E-state index in [9.17, 15) is 9.59 Å². The second kappa shape index (κ2) is 8.92. The predicted octanol–water partition coefficient (Wildman–Crippen LogP) is 4.79. The molecule has 6 nitrogen and oxygen atoms in total. The summed E-state index contributed by atoms with van der Waals surface area (Å²) in [6, 6.07) is 22.3. The average molecular weight is 416 g/mol. The van der Waals surface area contributed by atoms with E-state index in [4.69, 9.17) is 9.47 Å². The molecule has 0 spiro atoms. The van der Waals surface area contributed by atoms with E-state index >= 15 is 0 Å². The molecule has 3 aromatic rings. The molecule has 1 saturated heterocycles. The van der Waals surface area contributed by atoms with Crippen LogP contribution in [0.3, 0.4) is 0 Å². The van der Waals surface area contributed by atoms with Gasteiger partial charge in [-0.15, -0.1) is 0 Å². The first-order valence-electron chi connectivity index (χ1n) is 10.1. The maximum atomic E-state index is 12.8. The van der Waals surface area contributed by atoms with Crippen molar-refractivity contribution in [1.29, 1.82) is 0 Å². The Morgan fingerprint density at radius 2 is 1.77 bits per heavy atom. The van der Waals surface area contributed by atoms with Crippen LogP contribution < -0.4 is 19.7 Å². The van der Waals surface area contributed by atoms with Gasteiger partial charge in [0.15, 0.2) is 0 Å².